The smallest absolute Gasteiger partial charge is 0.148 e. The summed E-state index contributed by atoms with van der Waals surface area (Å²) >= 11 is 1.73. The number of rotatable bonds is 6. The van der Waals surface area contributed by atoms with E-state index in [0.29, 0.717) is 11.2 Å². The first kappa shape index (κ1) is 15.2. The molecule has 0 spiro atoms. The Morgan fingerprint density at radius 3 is 2.10 bits per heavy atom. The van der Waals surface area contributed by atoms with Crippen LogP contribution >= 0.6 is 11.8 Å². The van der Waals surface area contributed by atoms with Crippen LogP contribution in [0.1, 0.15) is 38.5 Å². The topological polar surface area (TPSA) is 60.2 Å². The van der Waals surface area contributed by atoms with Gasteiger partial charge in [-0.2, -0.15) is 11.8 Å². The van der Waals surface area contributed by atoms with E-state index < -0.39 is 9.84 Å². The summed E-state index contributed by atoms with van der Waals surface area (Å²) < 4.78 is 22.3. The van der Waals surface area contributed by atoms with Gasteiger partial charge in [0.15, 0.2) is 0 Å². The van der Waals surface area contributed by atoms with Gasteiger partial charge in [-0.3, -0.25) is 0 Å². The van der Waals surface area contributed by atoms with Gasteiger partial charge in [-0.05, 0) is 61.7 Å². The quantitative estimate of drug-likeness (QED) is 0.764. The maximum absolute atomic E-state index is 11.2. The van der Waals surface area contributed by atoms with Gasteiger partial charge < -0.3 is 5.73 Å². The molecule has 0 aromatic rings. The average Bonchev–Trinajstić information content (AvgIpc) is 2.31. The van der Waals surface area contributed by atoms with Crippen LogP contribution in [-0.4, -0.2) is 38.0 Å². The minimum Gasteiger partial charge on any atom is -0.326 e. The van der Waals surface area contributed by atoms with E-state index in [0.717, 1.165) is 23.5 Å². The number of hydrogen-bond donors (Lipinski definition) is 1. The first-order valence-electron chi connectivity index (χ1n) is 7.87. The molecule has 1 atom stereocenters. The molecule has 0 heterocycles. The van der Waals surface area contributed by atoms with Crippen molar-refractivity contribution in [3.63, 3.8) is 0 Å². The lowest BCUT2D eigenvalue weighted by molar-refractivity contribution is -0.0629. The zero-order valence-electron chi connectivity index (χ0n) is 12.4. The Morgan fingerprint density at radius 2 is 1.65 bits per heavy atom. The molecule has 4 saturated carbocycles. The van der Waals surface area contributed by atoms with Gasteiger partial charge in [0, 0.05) is 23.8 Å². The van der Waals surface area contributed by atoms with Crippen LogP contribution in [-0.2, 0) is 9.84 Å². The summed E-state index contributed by atoms with van der Waals surface area (Å²) in [5, 5.41) is 0. The van der Waals surface area contributed by atoms with Crippen molar-refractivity contribution in [1.29, 1.82) is 0 Å². The van der Waals surface area contributed by atoms with Crippen LogP contribution in [0.2, 0.25) is 0 Å². The fourth-order valence-corrected chi connectivity index (χ4v) is 7.69. The molecule has 0 amide bonds. The Labute approximate surface area is 127 Å². The molecule has 0 aromatic carbocycles. The minimum atomic E-state index is -2.83. The highest BCUT2D eigenvalue weighted by Gasteiger charge is 2.53. The minimum absolute atomic E-state index is 0.264. The molecular formula is C15H27NO2S2. The van der Waals surface area contributed by atoms with Crippen molar-refractivity contribution in [2.24, 2.45) is 28.9 Å². The summed E-state index contributed by atoms with van der Waals surface area (Å²) in [6, 6.07) is 0.264. The van der Waals surface area contributed by atoms with Gasteiger partial charge in [-0.1, -0.05) is 0 Å². The Bertz CT molecular complexity index is 425. The summed E-state index contributed by atoms with van der Waals surface area (Å²) in [7, 11) is -2.83. The molecule has 4 fully saturated rings. The third kappa shape index (κ3) is 3.20. The molecule has 2 N–H and O–H groups in total. The Morgan fingerprint density at radius 1 is 1.15 bits per heavy atom. The number of hydrogen-bond acceptors (Lipinski definition) is 4. The van der Waals surface area contributed by atoms with E-state index in [1.54, 1.807) is 11.8 Å². The third-order valence-corrected chi connectivity index (χ3v) is 8.06. The average molecular weight is 318 g/mol. The van der Waals surface area contributed by atoms with Crippen molar-refractivity contribution >= 4 is 21.6 Å². The molecule has 0 aliphatic heterocycles. The van der Waals surface area contributed by atoms with Crippen molar-refractivity contribution in [3.8, 4) is 0 Å². The van der Waals surface area contributed by atoms with Crippen LogP contribution in [0.3, 0.4) is 0 Å². The van der Waals surface area contributed by atoms with E-state index >= 15 is 0 Å². The predicted octanol–water partition coefficient (Wildman–Crippen LogP) is 2.31. The molecule has 0 radical (unpaired) electrons. The number of sulfone groups is 1. The second-order valence-corrected chi connectivity index (χ2v) is 11.0. The summed E-state index contributed by atoms with van der Waals surface area (Å²) in [5.74, 6) is 4.72. The van der Waals surface area contributed by atoms with Gasteiger partial charge in [0.2, 0.25) is 0 Å². The van der Waals surface area contributed by atoms with Crippen LogP contribution in [0.15, 0.2) is 0 Å². The normalized spacial score (nSPS) is 41.0. The summed E-state index contributed by atoms with van der Waals surface area (Å²) in [5.41, 5.74) is 6.95. The van der Waals surface area contributed by atoms with Crippen molar-refractivity contribution < 1.29 is 8.42 Å². The lowest BCUT2D eigenvalue weighted by Crippen LogP contribution is -2.55. The van der Waals surface area contributed by atoms with E-state index in [9.17, 15) is 8.42 Å². The molecular weight excluding hydrogens is 290 g/mol. The zero-order chi connectivity index (χ0) is 14.4. The van der Waals surface area contributed by atoms with E-state index in [4.69, 9.17) is 5.73 Å². The van der Waals surface area contributed by atoms with Gasteiger partial charge in [-0.25, -0.2) is 8.42 Å². The van der Waals surface area contributed by atoms with Gasteiger partial charge in [0.1, 0.15) is 9.84 Å². The van der Waals surface area contributed by atoms with Crippen LogP contribution < -0.4 is 5.73 Å². The van der Waals surface area contributed by atoms with Crippen molar-refractivity contribution in [3.05, 3.63) is 0 Å². The predicted molar refractivity (Wildman–Crippen MR) is 85.6 cm³/mol. The Balaban J connectivity index is 1.53. The van der Waals surface area contributed by atoms with E-state index in [1.165, 1.54) is 44.8 Å². The molecule has 4 aliphatic rings. The maximum Gasteiger partial charge on any atom is 0.148 e. The molecule has 3 nitrogen and oxygen atoms in total. The van der Waals surface area contributed by atoms with Gasteiger partial charge in [0.25, 0.3) is 0 Å². The van der Waals surface area contributed by atoms with Crippen molar-refractivity contribution in [2.75, 3.05) is 23.5 Å². The highest BCUT2D eigenvalue weighted by Crippen LogP contribution is 2.61. The van der Waals surface area contributed by atoms with Crippen molar-refractivity contribution in [1.82, 2.24) is 0 Å². The monoisotopic (exact) mass is 317 g/mol. The third-order valence-electron chi connectivity index (χ3n) is 5.77. The first-order chi connectivity index (χ1) is 9.36. The highest BCUT2D eigenvalue weighted by molar-refractivity contribution is 8.00. The molecule has 20 heavy (non-hydrogen) atoms. The second kappa shape index (κ2) is 5.47. The fourth-order valence-electron chi connectivity index (χ4n) is 5.23. The van der Waals surface area contributed by atoms with Crippen molar-refractivity contribution in [2.45, 2.75) is 44.6 Å². The zero-order valence-corrected chi connectivity index (χ0v) is 14.0. The standard InChI is InChI=1S/C15H27NO2S2/c1-20(17,18)3-2-19-10-14(16)15-7-11-4-12(8-15)6-13(5-11)9-15/h11-14H,2-10,16H2,1H3. The van der Waals surface area contributed by atoms with Gasteiger partial charge >= 0.3 is 0 Å². The summed E-state index contributed by atoms with van der Waals surface area (Å²) in [6.07, 6.45) is 9.69. The molecule has 116 valence electrons. The fraction of sp³-hybridized carbons (Fsp3) is 1.00. The molecule has 1 unspecified atom stereocenters. The van der Waals surface area contributed by atoms with E-state index in [-0.39, 0.29) is 11.8 Å². The molecule has 0 aromatic heterocycles. The Hall–Kier alpha value is 0.260. The van der Waals surface area contributed by atoms with Crippen LogP contribution in [0.25, 0.3) is 0 Å². The van der Waals surface area contributed by atoms with Gasteiger partial charge in [-0.15, -0.1) is 0 Å². The lowest BCUT2D eigenvalue weighted by Gasteiger charge is -2.59. The Kier molecular flexibility index (Phi) is 4.15. The highest BCUT2D eigenvalue weighted by atomic mass is 32.2. The molecule has 4 bridgehead atoms. The first-order valence-corrected chi connectivity index (χ1v) is 11.1. The van der Waals surface area contributed by atoms with E-state index in [2.05, 4.69) is 0 Å². The van der Waals surface area contributed by atoms with Gasteiger partial charge in [0.05, 0.1) is 5.75 Å². The summed E-state index contributed by atoms with van der Waals surface area (Å²) in [6.45, 7) is 0. The van der Waals surface area contributed by atoms with E-state index in [1.807, 2.05) is 0 Å². The summed E-state index contributed by atoms with van der Waals surface area (Å²) in [4.78, 5) is 0. The number of thioether (sulfide) groups is 1. The largest absolute Gasteiger partial charge is 0.326 e. The van der Waals surface area contributed by atoms with Crippen LogP contribution in [0, 0.1) is 23.2 Å². The lowest BCUT2D eigenvalue weighted by atomic mass is 9.48. The van der Waals surface area contributed by atoms with Crippen LogP contribution in [0.4, 0.5) is 0 Å². The second-order valence-electron chi connectivity index (χ2n) is 7.59. The van der Waals surface area contributed by atoms with Crippen LogP contribution in [0.5, 0.6) is 0 Å². The molecule has 0 saturated heterocycles. The maximum atomic E-state index is 11.2. The SMILES string of the molecule is CS(=O)(=O)CCSCC(N)C12CC3CC(CC(C3)C1)C2. The molecule has 4 aliphatic carbocycles. The molecule has 5 heteroatoms. The molecule has 4 rings (SSSR count). The number of nitrogens with two attached hydrogens (primary N) is 1.